The molecule has 6 heteroatoms. The van der Waals surface area contributed by atoms with Gasteiger partial charge in [-0.05, 0) is 37.6 Å². The van der Waals surface area contributed by atoms with Crippen molar-refractivity contribution in [3.63, 3.8) is 0 Å². The van der Waals surface area contributed by atoms with Crippen molar-refractivity contribution in [3.05, 3.63) is 59.1 Å². The lowest BCUT2D eigenvalue weighted by atomic mass is 9.84. The number of aromatic nitrogens is 2. The summed E-state index contributed by atoms with van der Waals surface area (Å²) in [5.41, 5.74) is 7.93. The summed E-state index contributed by atoms with van der Waals surface area (Å²) >= 11 is 0. The number of aryl methyl sites for hydroxylation is 2. The standard InChI is InChI=1S/C20H25N5O/c1-14-12-15(2)25(23-14)13-19(26)22-21-11-10-18-20(3,4)16-8-6-7-9-17(16)24(18)5/h6-12H,13H2,1-5H3,(H,22,26)/b18-10-,21-11-. The van der Waals surface area contributed by atoms with Gasteiger partial charge in [0, 0.05) is 35.8 Å². The summed E-state index contributed by atoms with van der Waals surface area (Å²) in [5.74, 6) is -0.201. The van der Waals surface area contributed by atoms with Gasteiger partial charge in [0.15, 0.2) is 0 Å². The summed E-state index contributed by atoms with van der Waals surface area (Å²) in [6.07, 6.45) is 3.59. The van der Waals surface area contributed by atoms with E-state index < -0.39 is 0 Å². The van der Waals surface area contributed by atoms with Crippen LogP contribution in [-0.2, 0) is 16.8 Å². The Kier molecular flexibility index (Phi) is 4.68. The molecule has 1 aromatic heterocycles. The third kappa shape index (κ3) is 3.27. The van der Waals surface area contributed by atoms with Crippen molar-refractivity contribution >= 4 is 17.8 Å². The Labute approximate surface area is 154 Å². The molecule has 1 aliphatic rings. The minimum atomic E-state index is -0.201. The topological polar surface area (TPSA) is 62.5 Å². The van der Waals surface area contributed by atoms with E-state index in [4.69, 9.17) is 0 Å². The Balaban J connectivity index is 1.66. The number of benzene rings is 1. The predicted octanol–water partition coefficient (Wildman–Crippen LogP) is 2.91. The maximum Gasteiger partial charge on any atom is 0.261 e. The highest BCUT2D eigenvalue weighted by Crippen LogP contribution is 2.46. The first-order valence-electron chi connectivity index (χ1n) is 8.67. The van der Waals surface area contributed by atoms with Gasteiger partial charge in [0.2, 0.25) is 0 Å². The second-order valence-corrected chi connectivity index (χ2v) is 7.15. The van der Waals surface area contributed by atoms with E-state index in [1.54, 1.807) is 10.9 Å². The van der Waals surface area contributed by atoms with E-state index in [1.807, 2.05) is 32.1 Å². The first-order chi connectivity index (χ1) is 12.3. The van der Waals surface area contributed by atoms with Gasteiger partial charge in [-0.3, -0.25) is 9.48 Å². The molecule has 0 spiro atoms. The first kappa shape index (κ1) is 17.9. The molecule has 136 valence electrons. The lowest BCUT2D eigenvalue weighted by Gasteiger charge is -2.23. The van der Waals surface area contributed by atoms with Crippen LogP contribution in [0.5, 0.6) is 0 Å². The van der Waals surface area contributed by atoms with Crippen LogP contribution >= 0.6 is 0 Å². The van der Waals surface area contributed by atoms with Crippen LogP contribution in [0.4, 0.5) is 5.69 Å². The van der Waals surface area contributed by atoms with Gasteiger partial charge in [-0.2, -0.15) is 10.2 Å². The zero-order chi connectivity index (χ0) is 18.9. The van der Waals surface area contributed by atoms with Crippen molar-refractivity contribution in [1.29, 1.82) is 0 Å². The monoisotopic (exact) mass is 351 g/mol. The lowest BCUT2D eigenvalue weighted by molar-refractivity contribution is -0.121. The number of hydrogen-bond donors (Lipinski definition) is 1. The van der Waals surface area contributed by atoms with Gasteiger partial charge in [-0.25, -0.2) is 5.43 Å². The number of allylic oxidation sites excluding steroid dienone is 2. The summed E-state index contributed by atoms with van der Waals surface area (Å²) in [6.45, 7) is 8.37. The van der Waals surface area contributed by atoms with Gasteiger partial charge < -0.3 is 4.90 Å². The number of anilines is 1. The van der Waals surface area contributed by atoms with Crippen molar-refractivity contribution in [2.45, 2.75) is 39.7 Å². The number of nitrogens with one attached hydrogen (secondary N) is 1. The van der Waals surface area contributed by atoms with E-state index in [0.717, 1.165) is 17.1 Å². The molecule has 0 unspecified atom stereocenters. The highest BCUT2D eigenvalue weighted by molar-refractivity contribution is 5.81. The minimum Gasteiger partial charge on any atom is -0.347 e. The SMILES string of the molecule is Cc1cc(C)n(CC(=O)N/N=C\C=C2/N(C)c3ccccc3C2(C)C)n1. The largest absolute Gasteiger partial charge is 0.347 e. The quantitative estimate of drug-likeness (QED) is 0.680. The maximum absolute atomic E-state index is 12.0. The second-order valence-electron chi connectivity index (χ2n) is 7.15. The van der Waals surface area contributed by atoms with Crippen molar-refractivity contribution in [2.75, 3.05) is 11.9 Å². The smallest absolute Gasteiger partial charge is 0.261 e. The molecule has 0 bridgehead atoms. The molecule has 0 radical (unpaired) electrons. The Bertz CT molecular complexity index is 891. The molecule has 2 heterocycles. The van der Waals surface area contributed by atoms with Gasteiger partial charge in [0.25, 0.3) is 5.91 Å². The van der Waals surface area contributed by atoms with E-state index in [2.05, 4.69) is 59.6 Å². The number of para-hydroxylation sites is 1. The van der Waals surface area contributed by atoms with Crippen molar-refractivity contribution < 1.29 is 4.79 Å². The van der Waals surface area contributed by atoms with Gasteiger partial charge in [0.1, 0.15) is 6.54 Å². The summed E-state index contributed by atoms with van der Waals surface area (Å²) in [4.78, 5) is 14.2. The molecule has 1 N–H and O–H groups in total. The minimum absolute atomic E-state index is 0.106. The van der Waals surface area contributed by atoms with Gasteiger partial charge >= 0.3 is 0 Å². The number of carbonyl (C=O) groups is 1. The molecule has 0 atom stereocenters. The first-order valence-corrected chi connectivity index (χ1v) is 8.67. The second kappa shape index (κ2) is 6.78. The Morgan fingerprint density at radius 2 is 2.04 bits per heavy atom. The number of rotatable bonds is 4. The van der Waals surface area contributed by atoms with Crippen LogP contribution in [0.15, 0.2) is 47.2 Å². The fourth-order valence-electron chi connectivity index (χ4n) is 3.53. The molecule has 26 heavy (non-hydrogen) atoms. The zero-order valence-corrected chi connectivity index (χ0v) is 15.9. The zero-order valence-electron chi connectivity index (χ0n) is 15.9. The van der Waals surface area contributed by atoms with Crippen molar-refractivity contribution in [3.8, 4) is 0 Å². The molecule has 3 rings (SSSR count). The van der Waals surface area contributed by atoms with Crippen LogP contribution in [0, 0.1) is 13.8 Å². The number of hydrazone groups is 1. The van der Waals surface area contributed by atoms with E-state index in [0.29, 0.717) is 0 Å². The fourth-order valence-corrected chi connectivity index (χ4v) is 3.53. The number of likely N-dealkylation sites (N-methyl/N-ethyl adjacent to an activating group) is 1. The maximum atomic E-state index is 12.0. The summed E-state index contributed by atoms with van der Waals surface area (Å²) in [6, 6.07) is 10.3. The van der Waals surface area contributed by atoms with Crippen LogP contribution in [0.1, 0.15) is 30.8 Å². The van der Waals surface area contributed by atoms with E-state index in [9.17, 15) is 4.79 Å². The molecular weight excluding hydrogens is 326 g/mol. The Hall–Kier alpha value is -2.89. The third-order valence-electron chi connectivity index (χ3n) is 4.83. The summed E-state index contributed by atoms with van der Waals surface area (Å²) in [5, 5.41) is 8.34. The number of hydrogen-bond acceptors (Lipinski definition) is 4. The normalized spacial score (nSPS) is 17.1. The van der Waals surface area contributed by atoms with Crippen LogP contribution < -0.4 is 10.3 Å². The van der Waals surface area contributed by atoms with Crippen LogP contribution in [0.3, 0.4) is 0 Å². The molecule has 0 saturated carbocycles. The molecule has 6 nitrogen and oxygen atoms in total. The van der Waals surface area contributed by atoms with Gasteiger partial charge in [-0.1, -0.05) is 32.0 Å². The molecular formula is C20H25N5O. The number of nitrogens with zero attached hydrogens (tertiary/aromatic N) is 4. The Morgan fingerprint density at radius 1 is 1.31 bits per heavy atom. The predicted molar refractivity (Wildman–Crippen MR) is 104 cm³/mol. The van der Waals surface area contributed by atoms with E-state index in [1.165, 1.54) is 11.3 Å². The number of amides is 1. The molecule has 1 aliphatic heterocycles. The van der Waals surface area contributed by atoms with Crippen molar-refractivity contribution in [1.82, 2.24) is 15.2 Å². The van der Waals surface area contributed by atoms with E-state index >= 15 is 0 Å². The summed E-state index contributed by atoms with van der Waals surface area (Å²) < 4.78 is 1.67. The van der Waals surface area contributed by atoms with Crippen LogP contribution in [0.2, 0.25) is 0 Å². The Morgan fingerprint density at radius 3 is 2.69 bits per heavy atom. The third-order valence-corrected chi connectivity index (χ3v) is 4.83. The average molecular weight is 351 g/mol. The molecule has 1 aromatic carbocycles. The molecule has 0 saturated heterocycles. The molecule has 0 aliphatic carbocycles. The molecule has 0 fully saturated rings. The van der Waals surface area contributed by atoms with Gasteiger partial charge in [0.05, 0.1) is 5.69 Å². The lowest BCUT2D eigenvalue weighted by Crippen LogP contribution is -2.25. The van der Waals surface area contributed by atoms with Crippen LogP contribution in [-0.4, -0.2) is 28.9 Å². The molecule has 2 aromatic rings. The highest BCUT2D eigenvalue weighted by Gasteiger charge is 2.37. The van der Waals surface area contributed by atoms with Gasteiger partial charge in [-0.15, -0.1) is 0 Å². The number of fused-ring (bicyclic) bond motifs is 1. The van der Waals surface area contributed by atoms with E-state index in [-0.39, 0.29) is 17.9 Å². The molecule has 1 amide bonds. The summed E-state index contributed by atoms with van der Waals surface area (Å²) in [7, 11) is 2.05. The highest BCUT2D eigenvalue weighted by atomic mass is 16.2. The number of carbonyl (C=O) groups excluding carboxylic acids is 1. The fraction of sp³-hybridized carbons (Fsp3) is 0.350. The average Bonchev–Trinajstić information content (AvgIpc) is 3.00. The van der Waals surface area contributed by atoms with Crippen LogP contribution in [0.25, 0.3) is 0 Å². The van der Waals surface area contributed by atoms with Crippen molar-refractivity contribution in [2.24, 2.45) is 5.10 Å².